The Balaban J connectivity index is 2.12. The molecule has 0 atom stereocenters. The Kier molecular flexibility index (Phi) is 4.17. The summed E-state index contributed by atoms with van der Waals surface area (Å²) in [6, 6.07) is 0.428. The molecule has 0 radical (unpaired) electrons. The van der Waals surface area contributed by atoms with Crippen LogP contribution < -0.4 is 15.0 Å². The van der Waals surface area contributed by atoms with Crippen molar-refractivity contribution in [2.75, 3.05) is 30.9 Å². The van der Waals surface area contributed by atoms with Gasteiger partial charge in [0.25, 0.3) is 0 Å². The number of rotatable bonds is 6. The molecule has 0 unspecified atom stereocenters. The van der Waals surface area contributed by atoms with Crippen LogP contribution in [-0.4, -0.2) is 41.7 Å². The van der Waals surface area contributed by atoms with Gasteiger partial charge >= 0.3 is 6.01 Å². The van der Waals surface area contributed by atoms with Gasteiger partial charge in [0.15, 0.2) is 0 Å². The molecule has 6 nitrogen and oxygen atoms in total. The molecule has 0 bridgehead atoms. The van der Waals surface area contributed by atoms with E-state index >= 15 is 0 Å². The van der Waals surface area contributed by atoms with Crippen molar-refractivity contribution in [1.29, 1.82) is 0 Å². The Labute approximate surface area is 108 Å². The van der Waals surface area contributed by atoms with Crippen molar-refractivity contribution in [2.24, 2.45) is 0 Å². The highest BCUT2D eigenvalue weighted by atomic mass is 16.5. The molecule has 18 heavy (non-hydrogen) atoms. The van der Waals surface area contributed by atoms with Crippen LogP contribution in [0.5, 0.6) is 6.01 Å². The van der Waals surface area contributed by atoms with E-state index in [-0.39, 0.29) is 6.10 Å². The quantitative estimate of drug-likeness (QED) is 0.830. The van der Waals surface area contributed by atoms with E-state index in [2.05, 4.69) is 27.2 Å². The van der Waals surface area contributed by atoms with Crippen molar-refractivity contribution < 1.29 is 4.74 Å². The monoisotopic (exact) mass is 251 g/mol. The number of hydrogen-bond acceptors (Lipinski definition) is 6. The first-order chi connectivity index (χ1) is 8.69. The highest BCUT2D eigenvalue weighted by Crippen LogP contribution is 2.24. The lowest BCUT2D eigenvalue weighted by molar-refractivity contribution is 0.108. The summed E-state index contributed by atoms with van der Waals surface area (Å²) < 4.78 is 5.73. The minimum Gasteiger partial charge on any atom is -0.460 e. The topological polar surface area (TPSA) is 63.2 Å². The smallest absolute Gasteiger partial charge is 0.323 e. The average Bonchev–Trinajstić information content (AvgIpc) is 2.31. The summed E-state index contributed by atoms with van der Waals surface area (Å²) in [4.78, 5) is 14.8. The van der Waals surface area contributed by atoms with Gasteiger partial charge in [0.1, 0.15) is 6.10 Å². The number of ether oxygens (including phenoxy) is 1. The van der Waals surface area contributed by atoms with Crippen LogP contribution in [0.2, 0.25) is 0 Å². The van der Waals surface area contributed by atoms with E-state index in [0.29, 0.717) is 17.9 Å². The molecule has 0 spiro atoms. The second-order valence-corrected chi connectivity index (χ2v) is 4.73. The molecule has 2 rings (SSSR count). The molecular formula is C12H21N5O. The standard InChI is InChI=1S/C12H21N5O/c1-4-8-13-10-14-11(17(2)3)16-12(15-10)18-9-6-5-7-9/h9H,4-8H2,1-3H3,(H,13,14,15,16). The van der Waals surface area contributed by atoms with Crippen molar-refractivity contribution in [2.45, 2.75) is 38.7 Å². The Hall–Kier alpha value is -1.59. The molecule has 0 aromatic carbocycles. The van der Waals surface area contributed by atoms with E-state index < -0.39 is 0 Å². The first-order valence-corrected chi connectivity index (χ1v) is 6.53. The third kappa shape index (κ3) is 3.21. The van der Waals surface area contributed by atoms with Crippen LogP contribution in [0.4, 0.5) is 11.9 Å². The van der Waals surface area contributed by atoms with Gasteiger partial charge in [-0.05, 0) is 25.7 Å². The average molecular weight is 251 g/mol. The third-order valence-corrected chi connectivity index (χ3v) is 2.86. The van der Waals surface area contributed by atoms with Gasteiger partial charge in [-0.15, -0.1) is 0 Å². The van der Waals surface area contributed by atoms with Crippen LogP contribution in [0.25, 0.3) is 0 Å². The summed E-state index contributed by atoms with van der Waals surface area (Å²) in [5.74, 6) is 1.21. The maximum absolute atomic E-state index is 5.73. The van der Waals surface area contributed by atoms with Crippen LogP contribution in [0.3, 0.4) is 0 Å². The lowest BCUT2D eigenvalue weighted by Gasteiger charge is -2.25. The largest absolute Gasteiger partial charge is 0.460 e. The van der Waals surface area contributed by atoms with Gasteiger partial charge in [0.05, 0.1) is 0 Å². The zero-order valence-electron chi connectivity index (χ0n) is 11.3. The summed E-state index contributed by atoms with van der Waals surface area (Å²) in [5, 5.41) is 3.17. The van der Waals surface area contributed by atoms with E-state index in [1.54, 1.807) is 0 Å². The van der Waals surface area contributed by atoms with Crippen LogP contribution in [-0.2, 0) is 0 Å². The second-order valence-electron chi connectivity index (χ2n) is 4.73. The first kappa shape index (κ1) is 12.9. The molecule has 0 amide bonds. The second kappa shape index (κ2) is 5.84. The predicted octanol–water partition coefficient (Wildman–Crippen LogP) is 1.69. The minimum absolute atomic E-state index is 0.279. The lowest BCUT2D eigenvalue weighted by atomic mass is 9.96. The Morgan fingerprint density at radius 3 is 2.61 bits per heavy atom. The number of anilines is 2. The fraction of sp³-hybridized carbons (Fsp3) is 0.750. The Bertz CT molecular complexity index is 392. The maximum Gasteiger partial charge on any atom is 0.323 e. The summed E-state index contributed by atoms with van der Waals surface area (Å²) in [6.07, 6.45) is 4.74. The molecule has 1 aromatic heterocycles. The highest BCUT2D eigenvalue weighted by Gasteiger charge is 2.21. The molecule has 1 aromatic rings. The van der Waals surface area contributed by atoms with Gasteiger partial charge in [-0.3, -0.25) is 0 Å². The van der Waals surface area contributed by atoms with Crippen LogP contribution >= 0.6 is 0 Å². The maximum atomic E-state index is 5.73. The van der Waals surface area contributed by atoms with E-state index in [9.17, 15) is 0 Å². The SMILES string of the molecule is CCCNc1nc(OC2CCC2)nc(N(C)C)n1. The molecule has 1 saturated carbocycles. The normalized spacial score (nSPS) is 15.1. The van der Waals surface area contributed by atoms with Gasteiger partial charge in [-0.1, -0.05) is 6.92 Å². The third-order valence-electron chi connectivity index (χ3n) is 2.86. The van der Waals surface area contributed by atoms with Gasteiger partial charge in [-0.25, -0.2) is 0 Å². The van der Waals surface area contributed by atoms with Crippen molar-refractivity contribution in [3.05, 3.63) is 0 Å². The predicted molar refractivity (Wildman–Crippen MR) is 71.2 cm³/mol. The summed E-state index contributed by atoms with van der Waals surface area (Å²) in [5.41, 5.74) is 0. The highest BCUT2D eigenvalue weighted by molar-refractivity contribution is 5.36. The number of aromatic nitrogens is 3. The molecule has 100 valence electrons. The van der Waals surface area contributed by atoms with Gasteiger partial charge in [-0.2, -0.15) is 15.0 Å². The zero-order chi connectivity index (χ0) is 13.0. The fourth-order valence-corrected chi connectivity index (χ4v) is 1.55. The van der Waals surface area contributed by atoms with Gasteiger partial charge in [0, 0.05) is 20.6 Å². The molecule has 0 saturated heterocycles. The Morgan fingerprint density at radius 2 is 2.06 bits per heavy atom. The molecule has 0 aliphatic heterocycles. The number of nitrogens with zero attached hydrogens (tertiary/aromatic N) is 4. The van der Waals surface area contributed by atoms with Crippen LogP contribution in [0.15, 0.2) is 0 Å². The molecule has 1 N–H and O–H groups in total. The van der Waals surface area contributed by atoms with Crippen LogP contribution in [0, 0.1) is 0 Å². The van der Waals surface area contributed by atoms with E-state index in [1.165, 1.54) is 6.42 Å². The summed E-state index contributed by atoms with van der Waals surface area (Å²) in [6.45, 7) is 2.95. The molecular weight excluding hydrogens is 230 g/mol. The van der Waals surface area contributed by atoms with Crippen LogP contribution in [0.1, 0.15) is 32.6 Å². The summed E-state index contributed by atoms with van der Waals surface area (Å²) >= 11 is 0. The van der Waals surface area contributed by atoms with E-state index in [0.717, 1.165) is 25.8 Å². The molecule has 1 aliphatic carbocycles. The fourth-order valence-electron chi connectivity index (χ4n) is 1.55. The summed E-state index contributed by atoms with van der Waals surface area (Å²) in [7, 11) is 3.82. The van der Waals surface area contributed by atoms with Crippen molar-refractivity contribution >= 4 is 11.9 Å². The molecule has 1 heterocycles. The van der Waals surface area contributed by atoms with Crippen molar-refractivity contribution in [1.82, 2.24) is 15.0 Å². The van der Waals surface area contributed by atoms with Gasteiger partial charge in [0.2, 0.25) is 11.9 Å². The van der Waals surface area contributed by atoms with Gasteiger partial charge < -0.3 is 15.0 Å². The minimum atomic E-state index is 0.279. The zero-order valence-corrected chi connectivity index (χ0v) is 11.3. The Morgan fingerprint density at radius 1 is 1.28 bits per heavy atom. The molecule has 1 fully saturated rings. The number of nitrogens with one attached hydrogen (secondary N) is 1. The van der Waals surface area contributed by atoms with E-state index in [4.69, 9.17) is 4.74 Å². The van der Waals surface area contributed by atoms with E-state index in [1.807, 2.05) is 19.0 Å². The van der Waals surface area contributed by atoms with Crippen molar-refractivity contribution in [3.8, 4) is 6.01 Å². The molecule has 1 aliphatic rings. The first-order valence-electron chi connectivity index (χ1n) is 6.53. The number of hydrogen-bond donors (Lipinski definition) is 1. The lowest BCUT2D eigenvalue weighted by Crippen LogP contribution is -2.26. The molecule has 6 heteroatoms. The van der Waals surface area contributed by atoms with Crippen molar-refractivity contribution in [3.63, 3.8) is 0 Å².